The second kappa shape index (κ2) is 5.49. The monoisotopic (exact) mass is 299 g/mol. The highest BCUT2D eigenvalue weighted by Gasteiger charge is 2.46. The highest BCUT2D eigenvalue weighted by atomic mass is 16.6. The van der Waals surface area contributed by atoms with Crippen LogP contribution in [0, 0.1) is 10.1 Å². The maximum Gasteiger partial charge on any atom is 0.329 e. The van der Waals surface area contributed by atoms with Gasteiger partial charge in [-0.3, -0.25) is 10.1 Å². The molecule has 0 radical (unpaired) electrons. The maximum absolute atomic E-state index is 11.8. The molecule has 22 heavy (non-hydrogen) atoms. The number of hydrogen-bond donors (Lipinski definition) is 1. The smallest absolute Gasteiger partial charge is 0.329 e. The van der Waals surface area contributed by atoms with Crippen LogP contribution in [0.5, 0.6) is 0 Å². The predicted molar refractivity (Wildman–Crippen MR) is 77.5 cm³/mol. The molecule has 8 heteroatoms. The van der Waals surface area contributed by atoms with E-state index in [2.05, 4.69) is 15.0 Å². The van der Waals surface area contributed by atoms with Crippen LogP contribution in [0.25, 0.3) is 11.2 Å². The van der Waals surface area contributed by atoms with Crippen molar-refractivity contribution in [3.63, 3.8) is 0 Å². The highest BCUT2D eigenvalue weighted by Crippen LogP contribution is 2.26. The summed E-state index contributed by atoms with van der Waals surface area (Å²) in [7, 11) is 0. The summed E-state index contributed by atoms with van der Waals surface area (Å²) in [5, 5.41) is 21.6. The van der Waals surface area contributed by atoms with Crippen molar-refractivity contribution in [1.29, 1.82) is 0 Å². The van der Waals surface area contributed by atoms with Gasteiger partial charge in [0.2, 0.25) is 0 Å². The quantitative estimate of drug-likeness (QED) is 0.556. The lowest BCUT2D eigenvalue weighted by Gasteiger charge is -2.24. The van der Waals surface area contributed by atoms with Crippen molar-refractivity contribution in [2.75, 3.05) is 6.61 Å². The number of rotatable bonds is 5. The number of nitrogens with zero attached hydrogens (tertiary/aromatic N) is 5. The van der Waals surface area contributed by atoms with Gasteiger partial charge in [0.1, 0.15) is 24.8 Å². The number of aromatic nitrogens is 4. The Bertz CT molecular complexity index is 804. The highest BCUT2D eigenvalue weighted by molar-refractivity contribution is 5.69. The van der Waals surface area contributed by atoms with Gasteiger partial charge in [-0.1, -0.05) is 30.3 Å². The Balaban J connectivity index is 2.16. The van der Waals surface area contributed by atoms with Crippen molar-refractivity contribution in [2.24, 2.45) is 0 Å². The second-order valence-corrected chi connectivity index (χ2v) is 4.91. The standard InChI is InChI=1S/C14H13N5O3/c20-8-14(19(21)22,6-11-4-2-1-3-5-11)18-10-17-12-7-15-9-16-13(12)18/h1-5,7,9-10,20H,6,8H2. The first kappa shape index (κ1) is 14.1. The number of hydrogen-bond acceptors (Lipinski definition) is 6. The summed E-state index contributed by atoms with van der Waals surface area (Å²) in [5.41, 5.74) is -0.263. The third kappa shape index (κ3) is 2.19. The lowest BCUT2D eigenvalue weighted by molar-refractivity contribution is -0.604. The molecule has 3 rings (SSSR count). The number of aliphatic hydroxyl groups excluding tert-OH is 1. The molecular weight excluding hydrogens is 286 g/mol. The fraction of sp³-hybridized carbons (Fsp3) is 0.214. The molecule has 0 saturated carbocycles. The Hall–Kier alpha value is -2.87. The van der Waals surface area contributed by atoms with Gasteiger partial charge in [0.25, 0.3) is 0 Å². The summed E-state index contributed by atoms with van der Waals surface area (Å²) in [6.45, 7) is -0.676. The average molecular weight is 299 g/mol. The molecule has 2 aromatic heterocycles. The first-order valence-electron chi connectivity index (χ1n) is 6.60. The molecule has 0 aliphatic heterocycles. The van der Waals surface area contributed by atoms with Crippen molar-refractivity contribution in [3.8, 4) is 0 Å². The maximum atomic E-state index is 11.8. The van der Waals surface area contributed by atoms with Crippen molar-refractivity contribution >= 4 is 11.2 Å². The second-order valence-electron chi connectivity index (χ2n) is 4.91. The van der Waals surface area contributed by atoms with Crippen molar-refractivity contribution < 1.29 is 10.0 Å². The van der Waals surface area contributed by atoms with Crippen LogP contribution in [0.4, 0.5) is 0 Å². The molecule has 0 fully saturated rings. The van der Waals surface area contributed by atoms with Gasteiger partial charge in [0.05, 0.1) is 17.5 Å². The Morgan fingerprint density at radius 2 is 2.05 bits per heavy atom. The van der Waals surface area contributed by atoms with E-state index in [0.717, 1.165) is 5.56 Å². The van der Waals surface area contributed by atoms with E-state index in [9.17, 15) is 15.2 Å². The van der Waals surface area contributed by atoms with Gasteiger partial charge in [-0.15, -0.1) is 0 Å². The minimum absolute atomic E-state index is 0.0206. The first-order chi connectivity index (χ1) is 10.7. The van der Waals surface area contributed by atoms with E-state index in [1.54, 1.807) is 24.3 Å². The van der Waals surface area contributed by atoms with Crippen molar-refractivity contribution in [3.05, 3.63) is 64.9 Å². The molecule has 8 nitrogen and oxygen atoms in total. The Labute approximate surface area is 125 Å². The number of nitro groups is 1. The van der Waals surface area contributed by atoms with Crippen LogP contribution in [0.1, 0.15) is 5.56 Å². The van der Waals surface area contributed by atoms with Crippen molar-refractivity contribution in [1.82, 2.24) is 19.5 Å². The topological polar surface area (TPSA) is 107 Å². The summed E-state index contributed by atoms with van der Waals surface area (Å²) >= 11 is 0. The number of aliphatic hydroxyl groups is 1. The van der Waals surface area contributed by atoms with E-state index in [1.165, 1.54) is 23.4 Å². The molecule has 1 aromatic carbocycles. The van der Waals surface area contributed by atoms with Gasteiger partial charge in [-0.05, 0) is 5.56 Å². The van der Waals surface area contributed by atoms with E-state index < -0.39 is 17.2 Å². The Morgan fingerprint density at radius 1 is 1.27 bits per heavy atom. The predicted octanol–water partition coefficient (Wildman–Crippen LogP) is 0.991. The van der Waals surface area contributed by atoms with E-state index in [-0.39, 0.29) is 6.42 Å². The van der Waals surface area contributed by atoms with E-state index in [4.69, 9.17) is 0 Å². The van der Waals surface area contributed by atoms with Crippen LogP contribution in [0.2, 0.25) is 0 Å². The molecule has 0 aliphatic rings. The lowest BCUT2D eigenvalue weighted by Crippen LogP contribution is -2.47. The number of fused-ring (bicyclic) bond motifs is 1. The van der Waals surface area contributed by atoms with Gasteiger partial charge < -0.3 is 5.11 Å². The molecule has 1 N–H and O–H groups in total. The van der Waals surface area contributed by atoms with Gasteiger partial charge in [0.15, 0.2) is 5.65 Å². The fourth-order valence-corrected chi connectivity index (χ4v) is 2.42. The molecule has 0 spiro atoms. The summed E-state index contributed by atoms with van der Waals surface area (Å²) < 4.78 is 1.30. The minimum Gasteiger partial charge on any atom is -0.387 e. The van der Waals surface area contributed by atoms with Crippen LogP contribution >= 0.6 is 0 Å². The fourth-order valence-electron chi connectivity index (χ4n) is 2.42. The molecule has 0 saturated heterocycles. The zero-order valence-electron chi connectivity index (χ0n) is 11.5. The third-order valence-electron chi connectivity index (χ3n) is 3.58. The lowest BCUT2D eigenvalue weighted by atomic mass is 10.0. The molecule has 3 aromatic rings. The molecule has 0 amide bonds. The summed E-state index contributed by atoms with van der Waals surface area (Å²) in [6, 6.07) is 8.98. The Morgan fingerprint density at radius 3 is 2.73 bits per heavy atom. The zero-order valence-corrected chi connectivity index (χ0v) is 11.5. The summed E-state index contributed by atoms with van der Waals surface area (Å²) in [5.74, 6) is 0. The van der Waals surface area contributed by atoms with E-state index >= 15 is 0 Å². The normalized spacial score (nSPS) is 13.9. The molecule has 1 unspecified atom stereocenters. The molecule has 112 valence electrons. The molecule has 1 atom stereocenters. The zero-order chi connectivity index (χ0) is 15.6. The SMILES string of the molecule is O=[N+]([O-])C(CO)(Cc1ccccc1)n1cnc2cncnc21. The van der Waals surface area contributed by atoms with Gasteiger partial charge in [-0.2, -0.15) is 0 Å². The molecule has 0 aliphatic carbocycles. The third-order valence-corrected chi connectivity index (χ3v) is 3.58. The van der Waals surface area contributed by atoms with Crippen molar-refractivity contribution in [2.45, 2.75) is 12.1 Å². The van der Waals surface area contributed by atoms with Gasteiger partial charge in [-0.25, -0.2) is 19.5 Å². The molecule has 0 bridgehead atoms. The summed E-state index contributed by atoms with van der Waals surface area (Å²) in [6.07, 6.45) is 4.11. The minimum atomic E-state index is -1.76. The van der Waals surface area contributed by atoms with Crippen LogP contribution in [-0.2, 0) is 12.1 Å². The van der Waals surface area contributed by atoms with Crippen LogP contribution in [0.15, 0.2) is 49.2 Å². The Kier molecular flexibility index (Phi) is 3.51. The number of benzene rings is 1. The van der Waals surface area contributed by atoms with Gasteiger partial charge >= 0.3 is 5.66 Å². The molecule has 2 heterocycles. The van der Waals surface area contributed by atoms with Crippen LogP contribution in [-0.4, -0.2) is 36.2 Å². The van der Waals surface area contributed by atoms with Crippen LogP contribution in [0.3, 0.4) is 0 Å². The van der Waals surface area contributed by atoms with E-state index in [0.29, 0.717) is 11.2 Å². The van der Waals surface area contributed by atoms with E-state index in [1.807, 2.05) is 6.07 Å². The van der Waals surface area contributed by atoms with Gasteiger partial charge in [0, 0.05) is 0 Å². The first-order valence-corrected chi connectivity index (χ1v) is 6.60. The number of imidazole rings is 1. The molecular formula is C14H13N5O3. The summed E-state index contributed by atoms with van der Waals surface area (Å²) in [4.78, 5) is 23.2. The largest absolute Gasteiger partial charge is 0.387 e. The average Bonchev–Trinajstić information content (AvgIpc) is 2.98. The van der Waals surface area contributed by atoms with Crippen LogP contribution < -0.4 is 0 Å².